The van der Waals surface area contributed by atoms with Gasteiger partial charge >= 0.3 is 5.97 Å². The lowest BCUT2D eigenvalue weighted by molar-refractivity contribution is -0.148. The summed E-state index contributed by atoms with van der Waals surface area (Å²) in [4.78, 5) is 66.4. The number of carbonyl (C=O) groups is 5. The largest absolute Gasteiger partial charge is 0.481 e. The standard InChI is InChI=1S/C23H33N7O6/c1-15(31)28(2)18(9-6-10-26-23(24)25)20(34)27-14-29-11-12-30(16-7-4-3-5-8-16)22(36)17(21(29)35)13-19(32)33/h3-5,7-8,17-18H,6,9-14H2,1-2H3,(H,27,34)(H,32,33)(H4,24,25,26)/t17?,18-/m0/s1. The first-order chi connectivity index (χ1) is 17.0. The van der Waals surface area contributed by atoms with Crippen LogP contribution in [0.2, 0.25) is 0 Å². The molecule has 13 nitrogen and oxygen atoms in total. The third-order valence-electron chi connectivity index (χ3n) is 5.89. The van der Waals surface area contributed by atoms with Crippen LogP contribution in [0.1, 0.15) is 26.2 Å². The van der Waals surface area contributed by atoms with Crippen molar-refractivity contribution in [1.29, 1.82) is 5.41 Å². The summed E-state index contributed by atoms with van der Waals surface area (Å²) in [6.07, 6.45) is 0.0432. The molecule has 0 spiro atoms. The molecule has 0 saturated carbocycles. The summed E-state index contributed by atoms with van der Waals surface area (Å²) in [7, 11) is 1.49. The first-order valence-electron chi connectivity index (χ1n) is 11.5. The van der Waals surface area contributed by atoms with Crippen molar-refractivity contribution in [2.75, 3.05) is 38.3 Å². The summed E-state index contributed by atoms with van der Waals surface area (Å²) in [5, 5.41) is 21.8. The molecule has 1 aromatic carbocycles. The number of hydrogen-bond donors (Lipinski definition) is 5. The highest BCUT2D eigenvalue weighted by Gasteiger charge is 2.39. The summed E-state index contributed by atoms with van der Waals surface area (Å²) in [5.74, 6) is -5.07. The molecule has 1 aromatic rings. The zero-order chi connectivity index (χ0) is 26.8. The van der Waals surface area contributed by atoms with E-state index < -0.39 is 42.1 Å². The van der Waals surface area contributed by atoms with E-state index in [1.807, 2.05) is 0 Å². The predicted molar refractivity (Wildman–Crippen MR) is 131 cm³/mol. The van der Waals surface area contributed by atoms with E-state index in [-0.39, 0.29) is 38.0 Å². The molecule has 0 aliphatic carbocycles. The van der Waals surface area contributed by atoms with E-state index >= 15 is 0 Å². The van der Waals surface area contributed by atoms with E-state index in [4.69, 9.17) is 11.1 Å². The molecule has 1 aliphatic rings. The minimum Gasteiger partial charge on any atom is -0.481 e. The van der Waals surface area contributed by atoms with E-state index in [2.05, 4.69) is 10.6 Å². The van der Waals surface area contributed by atoms with Crippen molar-refractivity contribution in [3.63, 3.8) is 0 Å². The number of carbonyl (C=O) groups excluding carboxylic acids is 4. The number of nitrogens with zero attached hydrogens (tertiary/aromatic N) is 3. The second kappa shape index (κ2) is 13.1. The molecule has 13 heteroatoms. The number of guanidine groups is 1. The fraction of sp³-hybridized carbons (Fsp3) is 0.478. The quantitative estimate of drug-likeness (QED) is 0.111. The van der Waals surface area contributed by atoms with Gasteiger partial charge in [0, 0.05) is 39.3 Å². The van der Waals surface area contributed by atoms with Gasteiger partial charge in [0.25, 0.3) is 0 Å². The molecule has 0 aromatic heterocycles. The zero-order valence-corrected chi connectivity index (χ0v) is 20.4. The molecule has 1 saturated heterocycles. The van der Waals surface area contributed by atoms with Crippen molar-refractivity contribution in [3.05, 3.63) is 30.3 Å². The van der Waals surface area contributed by atoms with Crippen LogP contribution in [0.3, 0.4) is 0 Å². The lowest BCUT2D eigenvalue weighted by Crippen LogP contribution is -2.51. The van der Waals surface area contributed by atoms with Crippen LogP contribution in [0.25, 0.3) is 0 Å². The van der Waals surface area contributed by atoms with Crippen LogP contribution in [0.15, 0.2) is 30.3 Å². The molecule has 1 heterocycles. The Balaban J connectivity index is 2.14. The Bertz CT molecular complexity index is 986. The smallest absolute Gasteiger partial charge is 0.304 e. The Labute approximate surface area is 209 Å². The van der Waals surface area contributed by atoms with Gasteiger partial charge in [-0.25, -0.2) is 0 Å². The number of amides is 4. The maximum Gasteiger partial charge on any atom is 0.304 e. The van der Waals surface area contributed by atoms with Crippen molar-refractivity contribution in [2.45, 2.75) is 32.2 Å². The zero-order valence-electron chi connectivity index (χ0n) is 20.4. The number of rotatable bonds is 11. The Morgan fingerprint density at radius 2 is 1.83 bits per heavy atom. The van der Waals surface area contributed by atoms with Crippen LogP contribution >= 0.6 is 0 Å². The van der Waals surface area contributed by atoms with Crippen LogP contribution in [0.5, 0.6) is 0 Å². The summed E-state index contributed by atoms with van der Waals surface area (Å²) in [6, 6.07) is 7.80. The summed E-state index contributed by atoms with van der Waals surface area (Å²) in [5.41, 5.74) is 5.80. The third-order valence-corrected chi connectivity index (χ3v) is 5.89. The van der Waals surface area contributed by atoms with Crippen LogP contribution < -0.4 is 21.3 Å². The topological polar surface area (TPSA) is 189 Å². The fourth-order valence-electron chi connectivity index (χ4n) is 3.86. The maximum absolute atomic E-state index is 13.1. The van der Waals surface area contributed by atoms with Crippen molar-refractivity contribution in [1.82, 2.24) is 20.4 Å². The predicted octanol–water partition coefficient (Wildman–Crippen LogP) is -0.863. The van der Waals surface area contributed by atoms with Gasteiger partial charge in [0.15, 0.2) is 5.96 Å². The average molecular weight is 504 g/mol. The Morgan fingerprint density at radius 3 is 2.42 bits per heavy atom. The molecule has 6 N–H and O–H groups in total. The summed E-state index contributed by atoms with van der Waals surface area (Å²) in [6.45, 7) is 1.60. The number of nitrogens with one attached hydrogen (secondary N) is 3. The number of carboxylic acid groups (broad SMARTS) is 1. The summed E-state index contributed by atoms with van der Waals surface area (Å²) >= 11 is 0. The Kier molecular flexibility index (Phi) is 10.2. The van der Waals surface area contributed by atoms with Gasteiger partial charge in [0.2, 0.25) is 23.6 Å². The number of hydrogen-bond acceptors (Lipinski definition) is 6. The van der Waals surface area contributed by atoms with E-state index in [0.29, 0.717) is 18.7 Å². The number of benzene rings is 1. The highest BCUT2D eigenvalue weighted by Crippen LogP contribution is 2.22. The van der Waals surface area contributed by atoms with Gasteiger partial charge in [-0.3, -0.25) is 29.4 Å². The Hall–Kier alpha value is -4.16. The monoisotopic (exact) mass is 503 g/mol. The van der Waals surface area contributed by atoms with Crippen LogP contribution in [0.4, 0.5) is 5.69 Å². The maximum atomic E-state index is 13.1. The molecule has 36 heavy (non-hydrogen) atoms. The molecule has 0 bridgehead atoms. The highest BCUT2D eigenvalue weighted by molar-refractivity contribution is 6.10. The number of carboxylic acids is 1. The van der Waals surface area contributed by atoms with E-state index in [9.17, 15) is 29.1 Å². The van der Waals surface area contributed by atoms with E-state index in [1.165, 1.54) is 28.7 Å². The second-order valence-electron chi connectivity index (χ2n) is 8.41. The minimum absolute atomic E-state index is 0.0750. The minimum atomic E-state index is -1.43. The number of aliphatic carboxylic acids is 1. The molecule has 4 amide bonds. The van der Waals surface area contributed by atoms with Crippen LogP contribution in [0, 0.1) is 11.3 Å². The lowest BCUT2D eigenvalue weighted by Gasteiger charge is -2.28. The first-order valence-corrected chi connectivity index (χ1v) is 11.5. The van der Waals surface area contributed by atoms with Gasteiger partial charge in [0.1, 0.15) is 12.0 Å². The van der Waals surface area contributed by atoms with Gasteiger partial charge < -0.3 is 36.2 Å². The van der Waals surface area contributed by atoms with Gasteiger partial charge in [0.05, 0.1) is 13.1 Å². The average Bonchev–Trinajstić information content (AvgIpc) is 2.94. The fourth-order valence-corrected chi connectivity index (χ4v) is 3.86. The lowest BCUT2D eigenvalue weighted by atomic mass is 10.0. The molecule has 1 unspecified atom stereocenters. The van der Waals surface area contributed by atoms with Gasteiger partial charge in [-0.1, -0.05) is 18.2 Å². The SMILES string of the molecule is CC(=O)N(C)[C@@H](CCCNC(=N)N)C(=O)NCN1CCN(c2ccccc2)C(=O)C(CC(=O)O)C1=O. The molecule has 0 radical (unpaired) electrons. The van der Waals surface area contributed by atoms with Crippen LogP contribution in [-0.2, 0) is 24.0 Å². The molecular formula is C23H33N7O6. The highest BCUT2D eigenvalue weighted by atomic mass is 16.4. The van der Waals surface area contributed by atoms with E-state index in [0.717, 1.165) is 0 Å². The number of nitrogens with two attached hydrogens (primary N) is 1. The van der Waals surface area contributed by atoms with Gasteiger partial charge in [-0.2, -0.15) is 0 Å². The van der Waals surface area contributed by atoms with Gasteiger partial charge in [-0.15, -0.1) is 0 Å². The normalized spacial score (nSPS) is 16.7. The number of likely N-dealkylation sites (N-methyl/N-ethyl adjacent to an activating group) is 1. The van der Waals surface area contributed by atoms with Crippen molar-refractivity contribution in [3.8, 4) is 0 Å². The number of para-hydroxylation sites is 1. The second-order valence-corrected chi connectivity index (χ2v) is 8.41. The van der Waals surface area contributed by atoms with Crippen LogP contribution in [-0.4, -0.2) is 89.9 Å². The molecule has 2 rings (SSSR count). The number of anilines is 1. The van der Waals surface area contributed by atoms with E-state index in [1.54, 1.807) is 30.3 Å². The molecule has 1 aliphatic heterocycles. The third kappa shape index (κ3) is 7.68. The molecule has 1 fully saturated rings. The molecule has 2 atom stereocenters. The first kappa shape index (κ1) is 28.1. The van der Waals surface area contributed by atoms with Crippen molar-refractivity contribution >= 4 is 41.2 Å². The molecule has 196 valence electrons. The van der Waals surface area contributed by atoms with Crippen molar-refractivity contribution in [2.24, 2.45) is 11.7 Å². The van der Waals surface area contributed by atoms with Crippen molar-refractivity contribution < 1.29 is 29.1 Å². The van der Waals surface area contributed by atoms with Gasteiger partial charge in [-0.05, 0) is 25.0 Å². The summed E-state index contributed by atoms with van der Waals surface area (Å²) < 4.78 is 0. The molecular weight excluding hydrogens is 470 g/mol. The Morgan fingerprint density at radius 1 is 1.17 bits per heavy atom.